The molecule has 0 spiro atoms. The van der Waals surface area contributed by atoms with Gasteiger partial charge in [0, 0.05) is 12.0 Å². The standard InChI is InChI=1S/C15H14O3/c1-2-7-13(8-3-1)16-11-14-10-12-6-4-5-9-15(12)18-17-14/h1-9,14H,10-11H2. The monoisotopic (exact) mass is 242 g/mol. The Labute approximate surface area is 106 Å². The van der Waals surface area contributed by atoms with E-state index in [4.69, 9.17) is 14.5 Å². The maximum Gasteiger partial charge on any atom is 0.168 e. The molecule has 92 valence electrons. The van der Waals surface area contributed by atoms with Crippen molar-refractivity contribution in [2.75, 3.05) is 6.61 Å². The third-order valence-corrected chi connectivity index (χ3v) is 2.87. The molecule has 0 bridgehead atoms. The van der Waals surface area contributed by atoms with E-state index in [2.05, 4.69) is 0 Å². The van der Waals surface area contributed by atoms with Gasteiger partial charge < -0.3 is 9.62 Å². The highest BCUT2D eigenvalue weighted by molar-refractivity contribution is 5.34. The summed E-state index contributed by atoms with van der Waals surface area (Å²) in [4.78, 5) is 10.5. The third kappa shape index (κ3) is 2.46. The van der Waals surface area contributed by atoms with Gasteiger partial charge in [-0.1, -0.05) is 36.4 Å². The topological polar surface area (TPSA) is 27.7 Å². The largest absolute Gasteiger partial charge is 0.491 e. The van der Waals surface area contributed by atoms with E-state index in [0.717, 1.165) is 23.5 Å². The van der Waals surface area contributed by atoms with Crippen LogP contribution in [0, 0.1) is 0 Å². The maximum atomic E-state index is 5.66. The van der Waals surface area contributed by atoms with E-state index in [0.29, 0.717) is 6.61 Å². The smallest absolute Gasteiger partial charge is 0.168 e. The number of ether oxygens (including phenoxy) is 1. The first-order chi connectivity index (χ1) is 8.92. The van der Waals surface area contributed by atoms with Crippen LogP contribution in [0.2, 0.25) is 0 Å². The zero-order chi connectivity index (χ0) is 12.2. The van der Waals surface area contributed by atoms with E-state index in [1.165, 1.54) is 0 Å². The lowest BCUT2D eigenvalue weighted by Gasteiger charge is -2.23. The van der Waals surface area contributed by atoms with Gasteiger partial charge >= 0.3 is 0 Å². The van der Waals surface area contributed by atoms with Gasteiger partial charge in [-0.3, -0.25) is 0 Å². The first-order valence-electron chi connectivity index (χ1n) is 6.01. The van der Waals surface area contributed by atoms with Crippen LogP contribution in [0.25, 0.3) is 0 Å². The van der Waals surface area contributed by atoms with Gasteiger partial charge in [0.2, 0.25) is 0 Å². The molecule has 2 aromatic carbocycles. The SMILES string of the molecule is c1ccc(OCC2Cc3ccccc3OO2)cc1. The van der Waals surface area contributed by atoms with Gasteiger partial charge in [-0.25, -0.2) is 0 Å². The maximum absolute atomic E-state index is 5.66. The summed E-state index contributed by atoms with van der Waals surface area (Å²) in [7, 11) is 0. The number of fused-ring (bicyclic) bond motifs is 1. The van der Waals surface area contributed by atoms with E-state index < -0.39 is 0 Å². The second-order valence-electron chi connectivity index (χ2n) is 4.24. The summed E-state index contributed by atoms with van der Waals surface area (Å²) < 4.78 is 5.66. The molecular weight excluding hydrogens is 228 g/mol. The van der Waals surface area contributed by atoms with E-state index in [1.807, 2.05) is 54.6 Å². The number of benzene rings is 2. The molecule has 1 aliphatic heterocycles. The number of para-hydroxylation sites is 2. The minimum atomic E-state index is -0.0693. The van der Waals surface area contributed by atoms with Gasteiger partial charge in [-0.05, 0) is 18.2 Å². The van der Waals surface area contributed by atoms with Crippen LogP contribution in [0.15, 0.2) is 54.6 Å². The molecule has 0 saturated carbocycles. The predicted octanol–water partition coefficient (Wildman–Crippen LogP) is 3.00. The Morgan fingerprint density at radius 3 is 2.67 bits per heavy atom. The molecular formula is C15H14O3. The minimum absolute atomic E-state index is 0.0693. The van der Waals surface area contributed by atoms with Gasteiger partial charge in [0.25, 0.3) is 0 Å². The summed E-state index contributed by atoms with van der Waals surface area (Å²) in [6.45, 7) is 0.484. The minimum Gasteiger partial charge on any atom is -0.491 e. The molecule has 0 aliphatic carbocycles. The Balaban J connectivity index is 1.60. The molecule has 2 aromatic rings. The summed E-state index contributed by atoms with van der Waals surface area (Å²) in [6.07, 6.45) is 0.739. The summed E-state index contributed by atoms with van der Waals surface area (Å²) in [5.74, 6) is 1.65. The molecule has 0 radical (unpaired) electrons. The van der Waals surface area contributed by atoms with Crippen LogP contribution in [0.1, 0.15) is 5.56 Å². The highest BCUT2D eigenvalue weighted by Crippen LogP contribution is 2.25. The fraction of sp³-hybridized carbons (Fsp3) is 0.200. The van der Waals surface area contributed by atoms with Crippen molar-refractivity contribution in [2.45, 2.75) is 12.5 Å². The summed E-state index contributed by atoms with van der Waals surface area (Å²) in [5.41, 5.74) is 1.16. The summed E-state index contributed by atoms with van der Waals surface area (Å²) in [5, 5.41) is 0. The molecule has 0 N–H and O–H groups in total. The predicted molar refractivity (Wildman–Crippen MR) is 67.6 cm³/mol. The zero-order valence-electron chi connectivity index (χ0n) is 9.91. The average molecular weight is 242 g/mol. The fourth-order valence-electron chi connectivity index (χ4n) is 1.95. The van der Waals surface area contributed by atoms with Crippen molar-refractivity contribution in [1.29, 1.82) is 0 Å². The highest BCUT2D eigenvalue weighted by Gasteiger charge is 2.21. The second kappa shape index (κ2) is 5.10. The van der Waals surface area contributed by atoms with E-state index >= 15 is 0 Å². The van der Waals surface area contributed by atoms with E-state index in [1.54, 1.807) is 0 Å². The van der Waals surface area contributed by atoms with Crippen molar-refractivity contribution in [3.8, 4) is 11.5 Å². The van der Waals surface area contributed by atoms with Crippen LogP contribution in [0.4, 0.5) is 0 Å². The number of hydrogen-bond acceptors (Lipinski definition) is 3. The van der Waals surface area contributed by atoms with Gasteiger partial charge in [0.1, 0.15) is 18.5 Å². The molecule has 18 heavy (non-hydrogen) atoms. The lowest BCUT2D eigenvalue weighted by molar-refractivity contribution is -0.259. The van der Waals surface area contributed by atoms with Gasteiger partial charge in [0.05, 0.1) is 0 Å². The number of rotatable bonds is 3. The molecule has 3 heteroatoms. The van der Waals surface area contributed by atoms with Crippen LogP contribution >= 0.6 is 0 Å². The lowest BCUT2D eigenvalue weighted by atomic mass is 10.1. The summed E-state index contributed by atoms with van der Waals surface area (Å²) in [6, 6.07) is 17.6. The Morgan fingerprint density at radius 2 is 1.78 bits per heavy atom. The van der Waals surface area contributed by atoms with Gasteiger partial charge in [-0.2, -0.15) is 4.89 Å². The molecule has 0 amide bonds. The highest BCUT2D eigenvalue weighted by atomic mass is 17.2. The Kier molecular flexibility index (Phi) is 3.15. The average Bonchev–Trinajstić information content (AvgIpc) is 2.46. The van der Waals surface area contributed by atoms with Crippen LogP contribution in [0.3, 0.4) is 0 Å². The van der Waals surface area contributed by atoms with Crippen molar-refractivity contribution in [1.82, 2.24) is 0 Å². The third-order valence-electron chi connectivity index (χ3n) is 2.87. The molecule has 3 nitrogen and oxygen atoms in total. The summed E-state index contributed by atoms with van der Waals surface area (Å²) >= 11 is 0. The normalized spacial score (nSPS) is 17.7. The first kappa shape index (κ1) is 11.1. The van der Waals surface area contributed by atoms with Crippen LogP contribution in [-0.4, -0.2) is 12.7 Å². The van der Waals surface area contributed by atoms with E-state index in [9.17, 15) is 0 Å². The van der Waals surface area contributed by atoms with Gasteiger partial charge in [0.15, 0.2) is 5.75 Å². The molecule has 0 saturated heterocycles. The second-order valence-corrected chi connectivity index (χ2v) is 4.24. The Hall–Kier alpha value is -2.00. The van der Waals surface area contributed by atoms with Crippen molar-refractivity contribution in [3.05, 3.63) is 60.2 Å². The Bertz CT molecular complexity index is 510. The Morgan fingerprint density at radius 1 is 1.00 bits per heavy atom. The molecule has 1 unspecified atom stereocenters. The quantitative estimate of drug-likeness (QED) is 0.774. The fourth-order valence-corrected chi connectivity index (χ4v) is 1.95. The van der Waals surface area contributed by atoms with Crippen molar-refractivity contribution < 1.29 is 14.5 Å². The van der Waals surface area contributed by atoms with Crippen LogP contribution < -0.4 is 9.62 Å². The van der Waals surface area contributed by atoms with Crippen molar-refractivity contribution in [2.24, 2.45) is 0 Å². The lowest BCUT2D eigenvalue weighted by Crippen LogP contribution is -2.29. The van der Waals surface area contributed by atoms with E-state index in [-0.39, 0.29) is 6.10 Å². The number of hydrogen-bond donors (Lipinski definition) is 0. The van der Waals surface area contributed by atoms with Crippen molar-refractivity contribution >= 4 is 0 Å². The molecule has 1 atom stereocenters. The molecule has 0 aromatic heterocycles. The molecule has 1 aliphatic rings. The van der Waals surface area contributed by atoms with Crippen LogP contribution in [0.5, 0.6) is 11.5 Å². The van der Waals surface area contributed by atoms with Gasteiger partial charge in [-0.15, -0.1) is 0 Å². The first-order valence-corrected chi connectivity index (χ1v) is 6.01. The zero-order valence-corrected chi connectivity index (χ0v) is 9.91. The molecule has 3 rings (SSSR count). The van der Waals surface area contributed by atoms with Crippen LogP contribution in [-0.2, 0) is 11.3 Å². The van der Waals surface area contributed by atoms with Crippen molar-refractivity contribution in [3.63, 3.8) is 0 Å². The molecule has 1 heterocycles. The molecule has 0 fully saturated rings.